The number of aromatic hydroxyl groups is 1. The summed E-state index contributed by atoms with van der Waals surface area (Å²) >= 11 is 0. The van der Waals surface area contributed by atoms with E-state index in [2.05, 4.69) is 4.98 Å². The highest BCUT2D eigenvalue weighted by molar-refractivity contribution is 5.81. The Morgan fingerprint density at radius 2 is 2.11 bits per heavy atom. The number of nitrogens with zero attached hydrogens (tertiary/aromatic N) is 2. The third-order valence-electron chi connectivity index (χ3n) is 4.71. The lowest BCUT2D eigenvalue weighted by atomic mass is 10.1. The number of benzene rings is 1. The molecule has 4 rings (SSSR count). The lowest BCUT2D eigenvalue weighted by Gasteiger charge is -2.22. The van der Waals surface area contributed by atoms with Crippen molar-refractivity contribution in [3.8, 4) is 11.4 Å². The number of pyridine rings is 2. The SMILES string of the molecule is O=c1cc(O)ccn1-c1ccc2nc(CCOC3CCCCO3)ccc2c1. The summed E-state index contributed by atoms with van der Waals surface area (Å²) in [5, 5.41) is 10.4. The van der Waals surface area contributed by atoms with Crippen molar-refractivity contribution in [2.45, 2.75) is 32.0 Å². The Bertz CT molecular complexity index is 993. The lowest BCUT2D eigenvalue weighted by molar-refractivity contribution is -0.161. The van der Waals surface area contributed by atoms with Gasteiger partial charge < -0.3 is 14.6 Å². The second kappa shape index (κ2) is 7.90. The first-order valence-corrected chi connectivity index (χ1v) is 9.24. The summed E-state index contributed by atoms with van der Waals surface area (Å²) < 4.78 is 12.8. The largest absolute Gasteiger partial charge is 0.508 e. The van der Waals surface area contributed by atoms with Gasteiger partial charge in [-0.3, -0.25) is 14.3 Å². The third-order valence-corrected chi connectivity index (χ3v) is 4.71. The number of hydrogen-bond acceptors (Lipinski definition) is 5. The first kappa shape index (κ1) is 17.7. The Hall–Kier alpha value is -2.70. The molecule has 1 aliphatic rings. The Labute approximate surface area is 157 Å². The van der Waals surface area contributed by atoms with E-state index in [0.717, 1.165) is 54.6 Å². The normalized spacial score (nSPS) is 17.3. The molecule has 1 aromatic carbocycles. The molecule has 0 saturated carbocycles. The molecule has 3 heterocycles. The molecule has 1 unspecified atom stereocenters. The Morgan fingerprint density at radius 3 is 2.93 bits per heavy atom. The van der Waals surface area contributed by atoms with Crippen LogP contribution in [-0.4, -0.2) is 34.2 Å². The van der Waals surface area contributed by atoms with Crippen LogP contribution >= 0.6 is 0 Å². The molecule has 0 amide bonds. The maximum atomic E-state index is 12.0. The quantitative estimate of drug-likeness (QED) is 0.751. The summed E-state index contributed by atoms with van der Waals surface area (Å²) in [5.41, 5.74) is 2.30. The van der Waals surface area contributed by atoms with Crippen molar-refractivity contribution in [2.75, 3.05) is 13.2 Å². The van der Waals surface area contributed by atoms with Crippen molar-refractivity contribution in [3.63, 3.8) is 0 Å². The molecule has 1 saturated heterocycles. The number of rotatable bonds is 5. The van der Waals surface area contributed by atoms with Crippen LogP contribution in [0.5, 0.6) is 5.75 Å². The van der Waals surface area contributed by atoms with Crippen LogP contribution in [0.4, 0.5) is 0 Å². The summed E-state index contributed by atoms with van der Waals surface area (Å²) in [7, 11) is 0. The van der Waals surface area contributed by atoms with Gasteiger partial charge >= 0.3 is 0 Å². The van der Waals surface area contributed by atoms with Gasteiger partial charge in [0.15, 0.2) is 6.29 Å². The van der Waals surface area contributed by atoms with Gasteiger partial charge in [0.1, 0.15) is 5.75 Å². The molecule has 6 heteroatoms. The highest BCUT2D eigenvalue weighted by Gasteiger charge is 2.13. The molecule has 1 N–H and O–H groups in total. The molecule has 0 spiro atoms. The van der Waals surface area contributed by atoms with Crippen LogP contribution < -0.4 is 5.56 Å². The molecule has 0 radical (unpaired) electrons. The van der Waals surface area contributed by atoms with Crippen molar-refractivity contribution in [2.24, 2.45) is 0 Å². The predicted molar refractivity (Wildman–Crippen MR) is 102 cm³/mol. The van der Waals surface area contributed by atoms with Crippen molar-refractivity contribution in [1.82, 2.24) is 9.55 Å². The summed E-state index contributed by atoms with van der Waals surface area (Å²) in [6.45, 7) is 1.37. The van der Waals surface area contributed by atoms with Crippen LogP contribution in [0.3, 0.4) is 0 Å². The average Bonchev–Trinajstić information content (AvgIpc) is 2.68. The molecule has 140 valence electrons. The van der Waals surface area contributed by atoms with Crippen molar-refractivity contribution < 1.29 is 14.6 Å². The molecule has 1 aliphatic heterocycles. The molecule has 0 aliphatic carbocycles. The van der Waals surface area contributed by atoms with E-state index in [0.29, 0.717) is 6.61 Å². The first-order chi connectivity index (χ1) is 13.2. The van der Waals surface area contributed by atoms with E-state index >= 15 is 0 Å². The smallest absolute Gasteiger partial charge is 0.258 e. The molecule has 1 atom stereocenters. The van der Waals surface area contributed by atoms with Crippen molar-refractivity contribution >= 4 is 10.9 Å². The molecular formula is C21H22N2O4. The highest BCUT2D eigenvalue weighted by Crippen LogP contribution is 2.18. The van der Waals surface area contributed by atoms with Gasteiger partial charge in [-0.1, -0.05) is 6.07 Å². The maximum Gasteiger partial charge on any atom is 0.258 e. The van der Waals surface area contributed by atoms with Crippen LogP contribution in [0.1, 0.15) is 25.0 Å². The maximum absolute atomic E-state index is 12.0. The Kier molecular flexibility index (Phi) is 5.18. The Balaban J connectivity index is 1.47. The molecule has 1 fully saturated rings. The van der Waals surface area contributed by atoms with E-state index in [9.17, 15) is 9.90 Å². The van der Waals surface area contributed by atoms with Crippen LogP contribution in [0.25, 0.3) is 16.6 Å². The van der Waals surface area contributed by atoms with Gasteiger partial charge in [-0.2, -0.15) is 0 Å². The second-order valence-electron chi connectivity index (χ2n) is 6.69. The molecule has 2 aromatic heterocycles. The zero-order valence-electron chi connectivity index (χ0n) is 15.0. The first-order valence-electron chi connectivity index (χ1n) is 9.24. The van der Waals surface area contributed by atoms with Gasteiger partial charge in [-0.05, 0) is 49.6 Å². The van der Waals surface area contributed by atoms with E-state index < -0.39 is 0 Å². The average molecular weight is 366 g/mol. The molecule has 3 aromatic rings. The van der Waals surface area contributed by atoms with E-state index in [-0.39, 0.29) is 17.6 Å². The fourth-order valence-electron chi connectivity index (χ4n) is 3.26. The van der Waals surface area contributed by atoms with Crippen LogP contribution in [0, 0.1) is 0 Å². The topological polar surface area (TPSA) is 73.6 Å². The van der Waals surface area contributed by atoms with Crippen LogP contribution in [-0.2, 0) is 15.9 Å². The summed E-state index contributed by atoms with van der Waals surface area (Å²) in [4.78, 5) is 16.7. The minimum Gasteiger partial charge on any atom is -0.508 e. The summed E-state index contributed by atoms with van der Waals surface area (Å²) in [6, 6.07) is 12.3. The molecule has 27 heavy (non-hydrogen) atoms. The Morgan fingerprint density at radius 1 is 1.19 bits per heavy atom. The number of aromatic nitrogens is 2. The highest BCUT2D eigenvalue weighted by atomic mass is 16.7. The van der Waals surface area contributed by atoms with Gasteiger partial charge in [0.05, 0.1) is 12.1 Å². The molecular weight excluding hydrogens is 344 g/mol. The monoisotopic (exact) mass is 366 g/mol. The zero-order valence-corrected chi connectivity index (χ0v) is 15.0. The van der Waals surface area contributed by atoms with E-state index in [1.54, 1.807) is 6.20 Å². The third kappa shape index (κ3) is 4.18. The molecule has 0 bridgehead atoms. The lowest BCUT2D eigenvalue weighted by Crippen LogP contribution is -2.23. The minimum atomic E-state index is -0.277. The fourth-order valence-corrected chi connectivity index (χ4v) is 3.26. The molecule has 6 nitrogen and oxygen atoms in total. The standard InChI is InChI=1S/C21H22N2O4/c24-18-8-10-23(20(25)14-18)17-6-7-19-15(13-17)4-5-16(22-19)9-12-27-21-3-1-2-11-26-21/h4-8,10,13-14,21,24H,1-3,9,11-12H2. The zero-order chi connectivity index (χ0) is 18.6. The van der Waals surface area contributed by atoms with Crippen LogP contribution in [0.2, 0.25) is 0 Å². The van der Waals surface area contributed by atoms with E-state index in [4.69, 9.17) is 9.47 Å². The van der Waals surface area contributed by atoms with Crippen molar-refractivity contribution in [1.29, 1.82) is 0 Å². The van der Waals surface area contributed by atoms with E-state index in [1.807, 2.05) is 30.3 Å². The minimum absolute atomic E-state index is 0.0378. The fraction of sp³-hybridized carbons (Fsp3) is 0.333. The van der Waals surface area contributed by atoms with Gasteiger partial charge in [0.2, 0.25) is 0 Å². The number of ether oxygens (including phenoxy) is 2. The van der Waals surface area contributed by atoms with Gasteiger partial charge in [-0.15, -0.1) is 0 Å². The van der Waals surface area contributed by atoms with Crippen molar-refractivity contribution in [3.05, 3.63) is 64.7 Å². The van der Waals surface area contributed by atoms with Gasteiger partial charge in [-0.25, -0.2) is 0 Å². The van der Waals surface area contributed by atoms with Gasteiger partial charge in [0, 0.05) is 42.1 Å². The number of fused-ring (bicyclic) bond motifs is 1. The van der Waals surface area contributed by atoms with Crippen LogP contribution in [0.15, 0.2) is 53.5 Å². The predicted octanol–water partition coefficient (Wildman–Crippen LogP) is 3.18. The second-order valence-corrected chi connectivity index (χ2v) is 6.69. The number of hydrogen-bond donors (Lipinski definition) is 1. The summed E-state index contributed by atoms with van der Waals surface area (Å²) in [5.74, 6) is -0.0378. The van der Waals surface area contributed by atoms with Gasteiger partial charge in [0.25, 0.3) is 5.56 Å². The summed E-state index contributed by atoms with van der Waals surface area (Å²) in [6.07, 6.45) is 5.45. The van der Waals surface area contributed by atoms with E-state index in [1.165, 1.54) is 16.7 Å².